The van der Waals surface area contributed by atoms with Crippen molar-refractivity contribution in [2.75, 3.05) is 18.5 Å². The lowest BCUT2D eigenvalue weighted by Crippen LogP contribution is -2.13. The summed E-state index contributed by atoms with van der Waals surface area (Å²) in [7, 11) is 0. The molecule has 176 valence electrons. The van der Waals surface area contributed by atoms with E-state index in [1.807, 2.05) is 36.4 Å². The minimum absolute atomic E-state index is 0.273. The highest BCUT2D eigenvalue weighted by Crippen LogP contribution is 2.29. The molecule has 4 aromatic rings. The van der Waals surface area contributed by atoms with Crippen molar-refractivity contribution in [3.63, 3.8) is 0 Å². The van der Waals surface area contributed by atoms with Gasteiger partial charge >= 0.3 is 5.97 Å². The average molecular weight is 518 g/mol. The lowest BCUT2D eigenvalue weighted by atomic mass is 10.1. The van der Waals surface area contributed by atoms with Gasteiger partial charge in [-0.05, 0) is 48.7 Å². The summed E-state index contributed by atoms with van der Waals surface area (Å²) in [5.41, 5.74) is 3.69. The molecule has 4 rings (SSSR count). The van der Waals surface area contributed by atoms with E-state index < -0.39 is 5.97 Å². The Hall–Kier alpha value is -2.80. The molecule has 1 atom stereocenters. The van der Waals surface area contributed by atoms with Crippen LogP contribution in [-0.4, -0.2) is 33.9 Å². The van der Waals surface area contributed by atoms with Crippen LogP contribution in [0.15, 0.2) is 60.9 Å². The Morgan fingerprint density at radius 2 is 1.74 bits per heavy atom. The highest BCUT2D eigenvalue weighted by atomic mass is 35.5. The molecule has 9 heteroatoms. The fraction of sp³-hybridized carbons (Fsp3) is 0.240. The van der Waals surface area contributed by atoms with Crippen molar-refractivity contribution in [1.82, 2.24) is 14.8 Å². The zero-order valence-electron chi connectivity index (χ0n) is 18.5. The molecule has 1 N–H and O–H groups in total. The molecule has 1 unspecified atom stereocenters. The summed E-state index contributed by atoms with van der Waals surface area (Å²) in [4.78, 5) is 17.1. The maximum absolute atomic E-state index is 12.6. The van der Waals surface area contributed by atoms with Gasteiger partial charge in [-0.3, -0.25) is 0 Å². The van der Waals surface area contributed by atoms with Crippen molar-refractivity contribution in [3.05, 3.63) is 87.7 Å². The van der Waals surface area contributed by atoms with E-state index in [1.165, 1.54) is 6.20 Å². The van der Waals surface area contributed by atoms with Gasteiger partial charge in [0.15, 0.2) is 5.65 Å². The van der Waals surface area contributed by atoms with Gasteiger partial charge in [-0.25, -0.2) is 14.5 Å². The van der Waals surface area contributed by atoms with E-state index in [0.29, 0.717) is 40.0 Å². The normalized spacial score (nSPS) is 12.0. The first-order valence-electron chi connectivity index (χ1n) is 10.9. The molecule has 6 nitrogen and oxygen atoms in total. The molecule has 0 radical (unpaired) electrons. The Balaban J connectivity index is 1.60. The molecule has 0 fully saturated rings. The number of aromatic nitrogens is 3. The fourth-order valence-corrected chi connectivity index (χ4v) is 4.15. The van der Waals surface area contributed by atoms with Crippen LogP contribution in [0.1, 0.15) is 33.8 Å². The van der Waals surface area contributed by atoms with Gasteiger partial charge in [-0.1, -0.05) is 47.5 Å². The van der Waals surface area contributed by atoms with Gasteiger partial charge in [0.1, 0.15) is 5.56 Å². The standard InChI is InChI=1S/C25H23Cl3N4O2/c1-2-34-25(33)21-13-30-24-20(23(21)29-12-11-16-3-7-18(26)8-4-16)14-31-32(24)15-22(28)17-5-9-19(27)10-6-17/h3-10,13-14,22H,2,11-12,15H2,1H3,(H,29,30). The first kappa shape index (κ1) is 24.3. The lowest BCUT2D eigenvalue weighted by molar-refractivity contribution is 0.0527. The van der Waals surface area contributed by atoms with Crippen LogP contribution in [0.2, 0.25) is 10.0 Å². The maximum atomic E-state index is 12.6. The number of halogens is 3. The van der Waals surface area contributed by atoms with Crippen molar-refractivity contribution in [2.24, 2.45) is 0 Å². The molecule has 0 aliphatic heterocycles. The van der Waals surface area contributed by atoms with Crippen LogP contribution in [0.5, 0.6) is 0 Å². The number of carbonyl (C=O) groups excluding carboxylic acids is 1. The molecule has 0 aliphatic rings. The number of alkyl halides is 1. The second-order valence-electron chi connectivity index (χ2n) is 7.65. The van der Waals surface area contributed by atoms with E-state index in [2.05, 4.69) is 15.4 Å². The number of hydrogen-bond acceptors (Lipinski definition) is 5. The number of esters is 1. The quantitative estimate of drug-likeness (QED) is 0.201. The third-order valence-electron chi connectivity index (χ3n) is 5.36. The molecule has 0 aliphatic carbocycles. The summed E-state index contributed by atoms with van der Waals surface area (Å²) in [6.07, 6.45) is 3.97. The minimum Gasteiger partial charge on any atom is -0.462 e. The highest BCUT2D eigenvalue weighted by molar-refractivity contribution is 6.30. The second-order valence-corrected chi connectivity index (χ2v) is 9.05. The summed E-state index contributed by atoms with van der Waals surface area (Å²) >= 11 is 18.6. The van der Waals surface area contributed by atoms with Crippen molar-refractivity contribution >= 4 is 57.5 Å². The number of rotatable bonds is 9. The monoisotopic (exact) mass is 516 g/mol. The van der Waals surface area contributed by atoms with E-state index in [4.69, 9.17) is 39.5 Å². The summed E-state index contributed by atoms with van der Waals surface area (Å²) in [5.74, 6) is -0.435. The number of benzene rings is 2. The van der Waals surface area contributed by atoms with Crippen LogP contribution in [-0.2, 0) is 17.7 Å². The van der Waals surface area contributed by atoms with Gasteiger partial charge in [0.2, 0.25) is 0 Å². The molecule has 0 saturated heterocycles. The molecular formula is C25H23Cl3N4O2. The van der Waals surface area contributed by atoms with Gasteiger partial charge < -0.3 is 10.1 Å². The van der Waals surface area contributed by atoms with E-state index in [-0.39, 0.29) is 12.0 Å². The Morgan fingerprint density at radius 3 is 2.41 bits per heavy atom. The lowest BCUT2D eigenvalue weighted by Gasteiger charge is -2.14. The Bertz CT molecular complexity index is 1270. The molecule has 0 spiro atoms. The third-order valence-corrected chi connectivity index (χ3v) is 6.25. The number of carbonyl (C=O) groups is 1. The Kier molecular flexibility index (Phi) is 7.93. The van der Waals surface area contributed by atoms with E-state index in [0.717, 1.165) is 22.9 Å². The highest BCUT2D eigenvalue weighted by Gasteiger charge is 2.20. The van der Waals surface area contributed by atoms with Crippen molar-refractivity contribution in [1.29, 1.82) is 0 Å². The predicted octanol–water partition coefficient (Wildman–Crippen LogP) is 6.55. The molecule has 2 aromatic heterocycles. The number of ether oxygens (including phenoxy) is 1. The van der Waals surface area contributed by atoms with Crippen LogP contribution < -0.4 is 5.32 Å². The third kappa shape index (κ3) is 5.63. The second kappa shape index (κ2) is 11.1. The molecule has 0 saturated carbocycles. The summed E-state index contributed by atoms with van der Waals surface area (Å²) in [6.45, 7) is 3.05. The largest absolute Gasteiger partial charge is 0.462 e. The Labute approximate surface area is 212 Å². The van der Waals surface area contributed by atoms with Crippen LogP contribution >= 0.6 is 34.8 Å². The number of nitrogens with one attached hydrogen (secondary N) is 1. The molecule has 2 aromatic carbocycles. The van der Waals surface area contributed by atoms with Gasteiger partial charge in [-0.2, -0.15) is 5.10 Å². The fourth-order valence-electron chi connectivity index (χ4n) is 3.63. The number of anilines is 1. The minimum atomic E-state index is -0.435. The van der Waals surface area contributed by atoms with Crippen LogP contribution in [0.25, 0.3) is 11.0 Å². The van der Waals surface area contributed by atoms with Crippen LogP contribution in [0.4, 0.5) is 5.69 Å². The number of hydrogen-bond donors (Lipinski definition) is 1. The van der Waals surface area contributed by atoms with Crippen molar-refractivity contribution in [2.45, 2.75) is 25.3 Å². The smallest absolute Gasteiger partial charge is 0.341 e. The number of nitrogens with zero attached hydrogens (tertiary/aromatic N) is 3. The van der Waals surface area contributed by atoms with Crippen molar-refractivity contribution in [3.8, 4) is 0 Å². The Morgan fingerprint density at radius 1 is 1.06 bits per heavy atom. The molecular weight excluding hydrogens is 495 g/mol. The molecule has 34 heavy (non-hydrogen) atoms. The summed E-state index contributed by atoms with van der Waals surface area (Å²) in [5, 5.41) is 9.63. The predicted molar refractivity (Wildman–Crippen MR) is 137 cm³/mol. The van der Waals surface area contributed by atoms with E-state index in [1.54, 1.807) is 29.9 Å². The van der Waals surface area contributed by atoms with Gasteiger partial charge in [-0.15, -0.1) is 11.6 Å². The zero-order valence-corrected chi connectivity index (χ0v) is 20.7. The van der Waals surface area contributed by atoms with E-state index in [9.17, 15) is 4.79 Å². The number of pyridine rings is 1. The SMILES string of the molecule is CCOC(=O)c1cnc2c(cnn2CC(Cl)c2ccc(Cl)cc2)c1NCCc1ccc(Cl)cc1. The first-order valence-corrected chi connectivity index (χ1v) is 12.0. The summed E-state index contributed by atoms with van der Waals surface area (Å²) < 4.78 is 6.98. The van der Waals surface area contributed by atoms with E-state index >= 15 is 0 Å². The van der Waals surface area contributed by atoms with Crippen molar-refractivity contribution < 1.29 is 9.53 Å². The van der Waals surface area contributed by atoms with Crippen LogP contribution in [0.3, 0.4) is 0 Å². The summed E-state index contributed by atoms with van der Waals surface area (Å²) in [6, 6.07) is 15.1. The molecule has 0 bridgehead atoms. The zero-order chi connectivity index (χ0) is 24.1. The maximum Gasteiger partial charge on any atom is 0.341 e. The van der Waals surface area contributed by atoms with Gasteiger partial charge in [0.25, 0.3) is 0 Å². The molecule has 2 heterocycles. The first-order chi connectivity index (χ1) is 16.5. The number of fused-ring (bicyclic) bond motifs is 1. The average Bonchev–Trinajstić information content (AvgIpc) is 3.24. The van der Waals surface area contributed by atoms with Gasteiger partial charge in [0.05, 0.1) is 35.8 Å². The van der Waals surface area contributed by atoms with Crippen LogP contribution in [0, 0.1) is 0 Å². The molecule has 0 amide bonds. The van der Waals surface area contributed by atoms with Gasteiger partial charge in [0, 0.05) is 22.8 Å². The topological polar surface area (TPSA) is 69.0 Å².